The van der Waals surface area contributed by atoms with E-state index < -0.39 is 5.97 Å². The van der Waals surface area contributed by atoms with Crippen LogP contribution in [-0.4, -0.2) is 49.0 Å². The van der Waals surface area contributed by atoms with Gasteiger partial charge in [-0.15, -0.1) is 24.4 Å². The van der Waals surface area contributed by atoms with Gasteiger partial charge in [-0.1, -0.05) is 27.7 Å². The van der Waals surface area contributed by atoms with Crippen molar-refractivity contribution in [3.05, 3.63) is 54.1 Å². The number of hydrogen-bond donors (Lipinski definition) is 4. The van der Waals surface area contributed by atoms with Crippen LogP contribution in [0.15, 0.2) is 58.3 Å². The summed E-state index contributed by atoms with van der Waals surface area (Å²) < 4.78 is 5.78. The van der Waals surface area contributed by atoms with E-state index in [1.165, 1.54) is 17.0 Å². The van der Waals surface area contributed by atoms with Gasteiger partial charge in [-0.2, -0.15) is 0 Å². The molecule has 8 heteroatoms. The van der Waals surface area contributed by atoms with Gasteiger partial charge in [-0.25, -0.2) is 4.79 Å². The number of benzene rings is 2. The molecule has 2 aromatic rings. The number of carboxylic acid groups (broad SMARTS) is 1. The Kier molecular flexibility index (Phi) is 15.3. The smallest absolute Gasteiger partial charge is 0.335 e. The second kappa shape index (κ2) is 17.3. The highest BCUT2D eigenvalue weighted by Gasteiger charge is 2.29. The molecule has 1 fully saturated rings. The molecule has 3 rings (SSSR count). The molecule has 1 saturated heterocycles. The maximum atomic E-state index is 12.5. The van der Waals surface area contributed by atoms with Crippen LogP contribution in [0.2, 0.25) is 0 Å². The molecule has 6 nitrogen and oxygen atoms in total. The van der Waals surface area contributed by atoms with Crippen molar-refractivity contribution in [1.82, 2.24) is 10.6 Å². The van der Waals surface area contributed by atoms with Crippen LogP contribution in [-0.2, 0) is 4.79 Å². The maximum Gasteiger partial charge on any atom is 0.335 e. The minimum atomic E-state index is -0.909. The Morgan fingerprint density at radius 3 is 2.19 bits per heavy atom. The van der Waals surface area contributed by atoms with Crippen molar-refractivity contribution in [3.63, 3.8) is 0 Å². The number of carbonyl (C=O) groups is 2. The normalized spacial score (nSPS) is 13.4. The quantitative estimate of drug-likeness (QED) is 0.175. The van der Waals surface area contributed by atoms with Crippen molar-refractivity contribution in [2.45, 2.75) is 69.2 Å². The number of nitrogens with one attached hydrogen (secondary N) is 2. The minimum Gasteiger partial charge on any atom is -0.494 e. The van der Waals surface area contributed by atoms with Crippen LogP contribution in [0.1, 0.15) is 63.7 Å². The molecule has 0 aromatic heterocycles. The zero-order valence-electron chi connectivity index (χ0n) is 22.2. The van der Waals surface area contributed by atoms with Crippen molar-refractivity contribution >= 4 is 36.3 Å². The average molecular weight is 535 g/mol. The largest absolute Gasteiger partial charge is 0.494 e. The zero-order valence-corrected chi connectivity index (χ0v) is 23.9. The van der Waals surface area contributed by atoms with Crippen LogP contribution in [0.4, 0.5) is 0 Å². The number of piperidine rings is 1. The zero-order chi connectivity index (χ0) is 27.0. The number of thioether (sulfide) groups is 1. The molecule has 0 unspecified atom stereocenters. The molecular formula is C28H42N2O4S2. The summed E-state index contributed by atoms with van der Waals surface area (Å²) in [6, 6.07) is 14.8. The molecule has 36 heavy (non-hydrogen) atoms. The summed E-state index contributed by atoms with van der Waals surface area (Å²) in [5, 5.41) is 15.0. The second-order valence-corrected chi connectivity index (χ2v) is 10.3. The number of thiol groups is 1. The lowest BCUT2D eigenvalue weighted by atomic mass is 9.86. The summed E-state index contributed by atoms with van der Waals surface area (Å²) in [5.41, 5.74) is -0.0606. The molecular weight excluding hydrogens is 492 g/mol. The van der Waals surface area contributed by atoms with Crippen molar-refractivity contribution in [2.75, 3.05) is 26.0 Å². The average Bonchev–Trinajstić information content (AvgIpc) is 2.89. The predicted octanol–water partition coefficient (Wildman–Crippen LogP) is 6.16. The van der Waals surface area contributed by atoms with Gasteiger partial charge in [0.1, 0.15) is 5.75 Å². The number of carboxylic acids is 1. The van der Waals surface area contributed by atoms with Gasteiger partial charge in [0.2, 0.25) is 5.91 Å². The van der Waals surface area contributed by atoms with E-state index in [2.05, 4.69) is 41.7 Å². The number of ether oxygens (including phenoxy) is 1. The molecule has 0 spiro atoms. The molecule has 1 heterocycles. The molecule has 0 aliphatic carbocycles. The molecule has 1 aliphatic rings. The summed E-state index contributed by atoms with van der Waals surface area (Å²) >= 11 is 5.73. The third kappa shape index (κ3) is 12.2. The van der Waals surface area contributed by atoms with E-state index in [1.807, 2.05) is 39.8 Å². The summed E-state index contributed by atoms with van der Waals surface area (Å²) in [7, 11) is 0. The van der Waals surface area contributed by atoms with E-state index in [1.54, 1.807) is 23.9 Å². The summed E-state index contributed by atoms with van der Waals surface area (Å²) in [6.07, 6.45) is 5.81. The molecule has 1 amide bonds. The van der Waals surface area contributed by atoms with Crippen LogP contribution in [0, 0.1) is 5.41 Å². The molecule has 200 valence electrons. The fourth-order valence-corrected chi connectivity index (χ4v) is 4.00. The first-order valence-electron chi connectivity index (χ1n) is 12.5. The first-order valence-corrected chi connectivity index (χ1v) is 14.2. The van der Waals surface area contributed by atoms with E-state index in [0.29, 0.717) is 12.6 Å². The summed E-state index contributed by atoms with van der Waals surface area (Å²) in [4.78, 5) is 24.8. The van der Waals surface area contributed by atoms with E-state index in [9.17, 15) is 9.59 Å². The van der Waals surface area contributed by atoms with Crippen molar-refractivity contribution in [3.8, 4) is 5.75 Å². The van der Waals surface area contributed by atoms with Gasteiger partial charge in [0.05, 0.1) is 12.2 Å². The van der Waals surface area contributed by atoms with Gasteiger partial charge in [-0.3, -0.25) is 4.79 Å². The Labute approximate surface area is 226 Å². The number of hydrogen-bond acceptors (Lipinski definition) is 6. The van der Waals surface area contributed by atoms with Crippen molar-refractivity contribution in [2.24, 2.45) is 5.41 Å². The topological polar surface area (TPSA) is 87.7 Å². The number of amides is 1. The van der Waals surface area contributed by atoms with Crippen LogP contribution < -0.4 is 15.4 Å². The standard InChI is InChI=1S/C19H30N2O2S.C7H6O2S.C2H6/c1-19(2,18(22)21-15-9-12-20-13-10-15)11-4-14-23-16-5-7-17(24-3)8-6-16;8-7(9)5-1-3-6(10)4-2-5;1-2/h5-8,15,20H,4,9-14H2,1-3H3,(H,21,22);1-4,10H,(H,8,9);1-2H3. The van der Waals surface area contributed by atoms with Crippen molar-refractivity contribution in [1.29, 1.82) is 0 Å². The Morgan fingerprint density at radius 1 is 1.08 bits per heavy atom. The minimum absolute atomic E-state index is 0.165. The van der Waals surface area contributed by atoms with Gasteiger partial charge in [-0.05, 0) is 93.6 Å². The third-order valence-corrected chi connectivity index (χ3v) is 6.72. The number of rotatable bonds is 9. The first kappa shape index (κ1) is 31.9. The predicted molar refractivity (Wildman–Crippen MR) is 153 cm³/mol. The van der Waals surface area contributed by atoms with Crippen LogP contribution >= 0.6 is 24.4 Å². The fourth-order valence-electron chi connectivity index (χ4n) is 3.44. The van der Waals surface area contributed by atoms with E-state index >= 15 is 0 Å². The highest BCUT2D eigenvalue weighted by molar-refractivity contribution is 7.98. The highest BCUT2D eigenvalue weighted by atomic mass is 32.2. The van der Waals surface area contributed by atoms with Crippen LogP contribution in [0.3, 0.4) is 0 Å². The SMILES string of the molecule is CC.CSc1ccc(OCCCC(C)(C)C(=O)NC2CCNCC2)cc1.O=C(O)c1ccc(S)cc1. The van der Waals surface area contributed by atoms with Gasteiger partial charge >= 0.3 is 5.97 Å². The molecule has 0 saturated carbocycles. The molecule has 3 N–H and O–H groups in total. The Balaban J connectivity index is 0.000000450. The maximum absolute atomic E-state index is 12.5. The molecule has 1 aliphatic heterocycles. The Bertz CT molecular complexity index is 897. The lowest BCUT2D eigenvalue weighted by Crippen LogP contribution is -2.47. The fraction of sp³-hybridized carbons (Fsp3) is 0.500. The highest BCUT2D eigenvalue weighted by Crippen LogP contribution is 2.24. The van der Waals surface area contributed by atoms with Gasteiger partial charge in [0.25, 0.3) is 0 Å². The lowest BCUT2D eigenvalue weighted by molar-refractivity contribution is -0.130. The molecule has 0 bridgehead atoms. The van der Waals surface area contributed by atoms with Gasteiger partial charge in [0, 0.05) is 21.2 Å². The van der Waals surface area contributed by atoms with Crippen LogP contribution in [0.25, 0.3) is 0 Å². The monoisotopic (exact) mass is 534 g/mol. The van der Waals surface area contributed by atoms with E-state index in [4.69, 9.17) is 9.84 Å². The first-order chi connectivity index (χ1) is 17.2. The molecule has 0 radical (unpaired) electrons. The Morgan fingerprint density at radius 2 is 1.67 bits per heavy atom. The summed E-state index contributed by atoms with van der Waals surface area (Å²) in [5.74, 6) is 0.150. The van der Waals surface area contributed by atoms with E-state index in [-0.39, 0.29) is 16.9 Å². The van der Waals surface area contributed by atoms with Gasteiger partial charge in [0.15, 0.2) is 0 Å². The lowest BCUT2D eigenvalue weighted by Gasteiger charge is -2.29. The number of carbonyl (C=O) groups excluding carboxylic acids is 1. The van der Waals surface area contributed by atoms with Crippen molar-refractivity contribution < 1.29 is 19.4 Å². The van der Waals surface area contributed by atoms with Gasteiger partial charge < -0.3 is 20.5 Å². The molecule has 0 atom stereocenters. The second-order valence-electron chi connectivity index (χ2n) is 8.86. The Hall–Kier alpha value is -2.16. The molecule has 2 aromatic carbocycles. The van der Waals surface area contributed by atoms with E-state index in [0.717, 1.165) is 49.4 Å². The van der Waals surface area contributed by atoms with Crippen LogP contribution in [0.5, 0.6) is 5.75 Å². The summed E-state index contributed by atoms with van der Waals surface area (Å²) in [6.45, 7) is 10.7. The number of aromatic carboxylic acids is 1. The third-order valence-electron chi connectivity index (χ3n) is 5.68.